The molecule has 2 rings (SSSR count). The molecule has 30 heavy (non-hydrogen) atoms. The predicted molar refractivity (Wildman–Crippen MR) is 121 cm³/mol. The Morgan fingerprint density at radius 1 is 1.17 bits per heavy atom. The molecule has 0 radical (unpaired) electrons. The normalized spacial score (nSPS) is 27.2. The monoisotopic (exact) mass is 444 g/mol. The molecule has 2 heterocycles. The van der Waals surface area contributed by atoms with Gasteiger partial charge in [-0.05, 0) is 59.2 Å². The van der Waals surface area contributed by atoms with E-state index in [-0.39, 0.29) is 29.4 Å². The van der Waals surface area contributed by atoms with Gasteiger partial charge >= 0.3 is 6.09 Å². The minimum Gasteiger partial charge on any atom is -0.444 e. The lowest BCUT2D eigenvalue weighted by Crippen LogP contribution is -2.48. The summed E-state index contributed by atoms with van der Waals surface area (Å²) in [6, 6.07) is 0.160. The van der Waals surface area contributed by atoms with E-state index in [0.717, 1.165) is 19.5 Å². The van der Waals surface area contributed by atoms with Crippen LogP contribution in [0, 0.1) is 0 Å². The van der Waals surface area contributed by atoms with Gasteiger partial charge in [0.15, 0.2) is 14.1 Å². The van der Waals surface area contributed by atoms with Crippen molar-refractivity contribution in [1.29, 1.82) is 0 Å². The minimum absolute atomic E-state index is 0.0172. The first kappa shape index (κ1) is 25.6. The number of nitrogens with one attached hydrogen (secondary N) is 1. The van der Waals surface area contributed by atoms with Crippen LogP contribution in [0.3, 0.4) is 0 Å². The third-order valence-electron chi connectivity index (χ3n) is 6.20. The topological polar surface area (TPSA) is 69.3 Å². The van der Waals surface area contributed by atoms with Crippen LogP contribution in [-0.4, -0.2) is 75.2 Å². The SMILES string of the molecule is CC(C)(C)OC(=O)NCCCN1C[C@@H]2OC(C)(C)O[C@@H]2[C@H]1CO[Si](C)(C)C(C)(C)C. The molecule has 2 aliphatic rings. The van der Waals surface area contributed by atoms with E-state index in [9.17, 15) is 4.79 Å². The van der Waals surface area contributed by atoms with E-state index in [1.807, 2.05) is 34.6 Å². The lowest BCUT2D eigenvalue weighted by Gasteiger charge is -2.38. The van der Waals surface area contributed by atoms with Crippen LogP contribution in [0.1, 0.15) is 61.8 Å². The molecule has 0 spiro atoms. The summed E-state index contributed by atoms with van der Waals surface area (Å²) in [5, 5.41) is 3.01. The number of ether oxygens (including phenoxy) is 3. The number of hydrogen-bond donors (Lipinski definition) is 1. The quantitative estimate of drug-likeness (QED) is 0.470. The first-order valence-corrected chi connectivity index (χ1v) is 14.1. The van der Waals surface area contributed by atoms with Crippen molar-refractivity contribution in [1.82, 2.24) is 10.2 Å². The first-order chi connectivity index (χ1) is 13.5. The fourth-order valence-corrected chi connectivity index (χ4v) is 4.68. The molecule has 1 amide bonds. The molecule has 7 nitrogen and oxygen atoms in total. The summed E-state index contributed by atoms with van der Waals surface area (Å²) in [6.07, 6.45) is 0.543. The highest BCUT2D eigenvalue weighted by Gasteiger charge is 2.53. The number of carbonyl (C=O) groups is 1. The molecule has 0 aliphatic carbocycles. The van der Waals surface area contributed by atoms with Crippen LogP contribution in [0.25, 0.3) is 0 Å². The van der Waals surface area contributed by atoms with Crippen molar-refractivity contribution >= 4 is 14.4 Å². The van der Waals surface area contributed by atoms with E-state index in [1.165, 1.54) is 0 Å². The van der Waals surface area contributed by atoms with Crippen LogP contribution >= 0.6 is 0 Å². The van der Waals surface area contributed by atoms with Gasteiger partial charge in [-0.15, -0.1) is 0 Å². The molecule has 8 heteroatoms. The zero-order valence-corrected chi connectivity index (χ0v) is 21.8. The van der Waals surface area contributed by atoms with Crippen molar-refractivity contribution in [2.24, 2.45) is 0 Å². The summed E-state index contributed by atoms with van der Waals surface area (Å²) in [6.45, 7) is 23.8. The molecular formula is C22H44N2O5Si. The fraction of sp³-hybridized carbons (Fsp3) is 0.955. The number of hydrogen-bond acceptors (Lipinski definition) is 6. The van der Waals surface area contributed by atoms with E-state index in [1.54, 1.807) is 0 Å². The average Bonchev–Trinajstić information content (AvgIpc) is 2.98. The number of rotatable bonds is 7. The molecule has 0 aromatic heterocycles. The highest BCUT2D eigenvalue weighted by atomic mass is 28.4. The molecule has 2 aliphatic heterocycles. The van der Waals surface area contributed by atoms with Crippen LogP contribution in [0.15, 0.2) is 0 Å². The summed E-state index contributed by atoms with van der Waals surface area (Å²) in [7, 11) is -1.85. The van der Waals surface area contributed by atoms with Crippen LogP contribution in [0.2, 0.25) is 18.1 Å². The van der Waals surface area contributed by atoms with Gasteiger partial charge in [0.05, 0.1) is 12.6 Å². The Morgan fingerprint density at radius 3 is 2.37 bits per heavy atom. The standard InChI is InChI=1S/C22H44N2O5Si/c1-20(2,3)29-19(25)23-12-11-13-24-14-17-18(28-22(7,8)27-17)16(24)15-26-30(9,10)21(4,5)6/h16-18H,11-15H2,1-10H3,(H,23,25)/t16-,17+,18-/m1/s1. The molecule has 3 atom stereocenters. The van der Waals surface area contributed by atoms with Gasteiger partial charge in [0.1, 0.15) is 17.8 Å². The van der Waals surface area contributed by atoms with Crippen molar-refractivity contribution in [3.63, 3.8) is 0 Å². The maximum Gasteiger partial charge on any atom is 0.407 e. The number of likely N-dealkylation sites (tertiary alicyclic amines) is 1. The Labute approximate surface area is 184 Å². The third-order valence-corrected chi connectivity index (χ3v) is 10.7. The average molecular weight is 445 g/mol. The van der Waals surface area contributed by atoms with Crippen molar-refractivity contribution < 1.29 is 23.4 Å². The number of alkyl carbamates (subject to hydrolysis) is 1. The lowest BCUT2D eigenvalue weighted by molar-refractivity contribution is -0.163. The molecule has 0 saturated carbocycles. The first-order valence-electron chi connectivity index (χ1n) is 11.2. The number of fused-ring (bicyclic) bond motifs is 1. The van der Waals surface area contributed by atoms with E-state index < -0.39 is 19.7 Å². The highest BCUT2D eigenvalue weighted by molar-refractivity contribution is 6.74. The molecule has 2 fully saturated rings. The second kappa shape index (κ2) is 9.06. The molecule has 0 aromatic rings. The van der Waals surface area contributed by atoms with Crippen molar-refractivity contribution in [2.75, 3.05) is 26.2 Å². The molecule has 0 unspecified atom stereocenters. The molecule has 1 N–H and O–H groups in total. The Balaban J connectivity index is 1.92. The van der Waals surface area contributed by atoms with Crippen molar-refractivity contribution in [3.05, 3.63) is 0 Å². The summed E-state index contributed by atoms with van der Waals surface area (Å²) in [4.78, 5) is 14.3. The molecule has 0 aromatic carbocycles. The maximum atomic E-state index is 11.9. The predicted octanol–water partition coefficient (Wildman–Crippen LogP) is 4.13. The van der Waals surface area contributed by atoms with Crippen molar-refractivity contribution in [2.45, 2.75) is 110 Å². The zero-order chi connectivity index (χ0) is 23.0. The maximum absolute atomic E-state index is 11.9. The Kier molecular flexibility index (Phi) is 7.72. The van der Waals surface area contributed by atoms with Crippen LogP contribution in [0.5, 0.6) is 0 Å². The minimum atomic E-state index is -1.85. The van der Waals surface area contributed by atoms with Crippen molar-refractivity contribution in [3.8, 4) is 0 Å². The zero-order valence-electron chi connectivity index (χ0n) is 20.8. The number of amides is 1. The second-order valence-corrected chi connectivity index (χ2v) is 16.4. The van der Waals surface area contributed by atoms with Gasteiger partial charge in [-0.2, -0.15) is 0 Å². The van der Waals surface area contributed by atoms with E-state index >= 15 is 0 Å². The lowest BCUT2D eigenvalue weighted by atomic mass is 10.1. The smallest absolute Gasteiger partial charge is 0.407 e. The van der Waals surface area contributed by atoms with Gasteiger partial charge in [-0.1, -0.05) is 20.8 Å². The summed E-state index contributed by atoms with van der Waals surface area (Å²) >= 11 is 0. The molecular weight excluding hydrogens is 400 g/mol. The van der Waals surface area contributed by atoms with Crippen LogP contribution in [0.4, 0.5) is 4.79 Å². The third kappa shape index (κ3) is 6.92. The number of carbonyl (C=O) groups excluding carboxylic acids is 1. The van der Waals surface area contributed by atoms with Gasteiger partial charge in [0.25, 0.3) is 0 Å². The van der Waals surface area contributed by atoms with E-state index in [2.05, 4.69) is 44.1 Å². The van der Waals surface area contributed by atoms with E-state index in [4.69, 9.17) is 18.6 Å². The Bertz CT molecular complexity index is 597. The Morgan fingerprint density at radius 2 is 1.80 bits per heavy atom. The van der Waals surface area contributed by atoms with E-state index in [0.29, 0.717) is 13.2 Å². The molecule has 0 bridgehead atoms. The largest absolute Gasteiger partial charge is 0.444 e. The molecule has 176 valence electrons. The summed E-state index contributed by atoms with van der Waals surface area (Å²) in [5.74, 6) is -0.547. The highest BCUT2D eigenvalue weighted by Crippen LogP contribution is 2.40. The number of nitrogens with zero attached hydrogens (tertiary/aromatic N) is 1. The summed E-state index contributed by atoms with van der Waals surface area (Å²) < 4.78 is 24.2. The van der Waals surface area contributed by atoms with Crippen LogP contribution < -0.4 is 5.32 Å². The Hall–Kier alpha value is -0.673. The van der Waals surface area contributed by atoms with Crippen LogP contribution in [-0.2, 0) is 18.6 Å². The second-order valence-electron chi connectivity index (χ2n) is 11.6. The molecule has 2 saturated heterocycles. The van der Waals surface area contributed by atoms with Gasteiger partial charge in [0, 0.05) is 19.6 Å². The van der Waals surface area contributed by atoms with Gasteiger partial charge in [-0.25, -0.2) is 4.79 Å². The van der Waals surface area contributed by atoms with Gasteiger partial charge in [0.2, 0.25) is 0 Å². The van der Waals surface area contributed by atoms with Gasteiger partial charge < -0.3 is 24.0 Å². The van der Waals surface area contributed by atoms with Gasteiger partial charge in [-0.3, -0.25) is 4.90 Å². The summed E-state index contributed by atoms with van der Waals surface area (Å²) in [5.41, 5.74) is -0.482. The fourth-order valence-electron chi connectivity index (χ4n) is 3.66.